The van der Waals surface area contributed by atoms with E-state index in [2.05, 4.69) is 4.90 Å². The zero-order valence-electron chi connectivity index (χ0n) is 9.43. The average Bonchev–Trinajstić information content (AvgIpc) is 2.88. The van der Waals surface area contributed by atoms with E-state index in [-0.39, 0.29) is 12.1 Å². The van der Waals surface area contributed by atoms with Gasteiger partial charge in [-0.15, -0.1) is 0 Å². The van der Waals surface area contributed by atoms with Crippen molar-refractivity contribution in [2.75, 3.05) is 39.5 Å². The molecule has 0 aliphatic carbocycles. The van der Waals surface area contributed by atoms with Crippen LogP contribution >= 0.6 is 0 Å². The minimum atomic E-state index is -0.402. The molecule has 0 aromatic heterocycles. The lowest BCUT2D eigenvalue weighted by molar-refractivity contribution is -0.196. The molecule has 3 saturated heterocycles. The summed E-state index contributed by atoms with van der Waals surface area (Å²) in [4.78, 5) is 2.26. The largest absolute Gasteiger partial charge is 0.389 e. The van der Waals surface area contributed by atoms with Gasteiger partial charge in [-0.1, -0.05) is 0 Å². The van der Waals surface area contributed by atoms with E-state index < -0.39 is 5.79 Å². The first kappa shape index (κ1) is 10.9. The van der Waals surface area contributed by atoms with Gasteiger partial charge in [-0.05, 0) is 13.0 Å². The van der Waals surface area contributed by atoms with Crippen LogP contribution in [-0.2, 0) is 14.2 Å². The fourth-order valence-corrected chi connectivity index (χ4v) is 2.92. The van der Waals surface area contributed by atoms with Gasteiger partial charge in [0.15, 0.2) is 5.79 Å². The molecule has 5 nitrogen and oxygen atoms in total. The summed E-state index contributed by atoms with van der Waals surface area (Å²) < 4.78 is 16.7. The Bertz CT molecular complexity index is 254. The van der Waals surface area contributed by atoms with Gasteiger partial charge >= 0.3 is 0 Å². The summed E-state index contributed by atoms with van der Waals surface area (Å²) in [5.41, 5.74) is 0. The maximum Gasteiger partial charge on any atom is 0.181 e. The van der Waals surface area contributed by atoms with Crippen molar-refractivity contribution in [2.45, 2.75) is 30.8 Å². The molecule has 16 heavy (non-hydrogen) atoms. The fraction of sp³-hybridized carbons (Fsp3) is 1.00. The van der Waals surface area contributed by atoms with Gasteiger partial charge in [-0.3, -0.25) is 4.90 Å². The molecule has 0 saturated carbocycles. The number of rotatable bonds is 1. The highest BCUT2D eigenvalue weighted by Gasteiger charge is 2.44. The number of aliphatic hydroxyl groups excluding tert-OH is 1. The fourth-order valence-electron chi connectivity index (χ4n) is 2.92. The molecule has 2 atom stereocenters. The van der Waals surface area contributed by atoms with Gasteiger partial charge in [-0.25, -0.2) is 0 Å². The van der Waals surface area contributed by atoms with E-state index in [1.54, 1.807) is 0 Å². The summed E-state index contributed by atoms with van der Waals surface area (Å²) in [7, 11) is 0. The number of likely N-dealkylation sites (tertiary alicyclic amines) is 1. The van der Waals surface area contributed by atoms with Crippen LogP contribution in [0.5, 0.6) is 0 Å². The second-order valence-electron chi connectivity index (χ2n) is 4.85. The van der Waals surface area contributed by atoms with E-state index in [1.807, 2.05) is 0 Å². The molecule has 3 fully saturated rings. The number of nitrogens with zero attached hydrogens (tertiary/aromatic N) is 1. The third-order valence-electron chi connectivity index (χ3n) is 3.75. The summed E-state index contributed by atoms with van der Waals surface area (Å²) in [6, 6.07) is 0.116. The zero-order chi connectivity index (χ0) is 11.0. The number of hydrogen-bond donors (Lipinski definition) is 1. The van der Waals surface area contributed by atoms with Gasteiger partial charge in [0.25, 0.3) is 0 Å². The van der Waals surface area contributed by atoms with E-state index in [1.165, 1.54) is 0 Å². The second-order valence-corrected chi connectivity index (χ2v) is 4.85. The van der Waals surface area contributed by atoms with Crippen LogP contribution in [0, 0.1) is 0 Å². The molecule has 5 heteroatoms. The lowest BCUT2D eigenvalue weighted by Crippen LogP contribution is -2.55. The topological polar surface area (TPSA) is 51.2 Å². The Labute approximate surface area is 95.3 Å². The molecule has 2 unspecified atom stereocenters. The molecule has 92 valence electrons. The quantitative estimate of drug-likeness (QED) is 0.662. The Morgan fingerprint density at radius 1 is 1.19 bits per heavy atom. The third-order valence-corrected chi connectivity index (χ3v) is 3.75. The first-order valence-electron chi connectivity index (χ1n) is 6.07. The predicted octanol–water partition coefficient (Wildman–Crippen LogP) is -0.415. The van der Waals surface area contributed by atoms with Crippen molar-refractivity contribution < 1.29 is 19.3 Å². The first-order chi connectivity index (χ1) is 7.79. The van der Waals surface area contributed by atoms with Crippen molar-refractivity contribution in [3.8, 4) is 0 Å². The van der Waals surface area contributed by atoms with Crippen molar-refractivity contribution >= 4 is 0 Å². The highest BCUT2D eigenvalue weighted by atomic mass is 16.7. The molecule has 3 rings (SSSR count). The normalized spacial score (nSPS) is 39.6. The maximum absolute atomic E-state index is 9.82. The number of ether oxygens (including phenoxy) is 3. The van der Waals surface area contributed by atoms with Gasteiger partial charge in [0.1, 0.15) is 0 Å². The molecule has 0 aromatic rings. The summed E-state index contributed by atoms with van der Waals surface area (Å²) in [5.74, 6) is -0.402. The molecule has 3 aliphatic rings. The molecule has 0 bridgehead atoms. The minimum Gasteiger partial charge on any atom is -0.389 e. The molecule has 0 aromatic carbocycles. The molecule has 3 heterocycles. The van der Waals surface area contributed by atoms with Gasteiger partial charge in [0.05, 0.1) is 45.1 Å². The lowest BCUT2D eigenvalue weighted by Gasteiger charge is -2.41. The SMILES string of the molecule is OC1COCC1N1CCCC2(C1)OCCO2. The van der Waals surface area contributed by atoms with Crippen LogP contribution in [0.2, 0.25) is 0 Å². The first-order valence-corrected chi connectivity index (χ1v) is 6.07. The van der Waals surface area contributed by atoms with Gasteiger partial charge < -0.3 is 19.3 Å². The van der Waals surface area contributed by atoms with E-state index in [0.29, 0.717) is 26.4 Å². The van der Waals surface area contributed by atoms with Crippen LogP contribution in [0.3, 0.4) is 0 Å². The van der Waals surface area contributed by atoms with E-state index in [4.69, 9.17) is 14.2 Å². The maximum atomic E-state index is 9.82. The van der Waals surface area contributed by atoms with Gasteiger partial charge in [-0.2, -0.15) is 0 Å². The van der Waals surface area contributed by atoms with E-state index >= 15 is 0 Å². The third kappa shape index (κ3) is 1.87. The monoisotopic (exact) mass is 229 g/mol. The van der Waals surface area contributed by atoms with Crippen LogP contribution in [0.25, 0.3) is 0 Å². The molecule has 0 amide bonds. The molecule has 1 spiro atoms. The van der Waals surface area contributed by atoms with E-state index in [0.717, 1.165) is 25.9 Å². The number of hydrogen-bond acceptors (Lipinski definition) is 5. The van der Waals surface area contributed by atoms with Crippen LogP contribution in [-0.4, -0.2) is 67.5 Å². The van der Waals surface area contributed by atoms with Crippen LogP contribution in [0.15, 0.2) is 0 Å². The predicted molar refractivity (Wildman–Crippen MR) is 56.1 cm³/mol. The standard InChI is InChI=1S/C11H19NO4/c13-10-7-14-6-9(10)12-3-1-2-11(8-12)15-4-5-16-11/h9-10,13H,1-8H2. The highest BCUT2D eigenvalue weighted by Crippen LogP contribution is 2.32. The summed E-state index contributed by atoms with van der Waals surface area (Å²) in [6.45, 7) is 4.22. The molecule has 1 N–H and O–H groups in total. The Hall–Kier alpha value is -0.200. The molecule has 3 aliphatic heterocycles. The van der Waals surface area contributed by atoms with Crippen molar-refractivity contribution in [2.24, 2.45) is 0 Å². The number of piperidine rings is 1. The van der Waals surface area contributed by atoms with Crippen LogP contribution in [0.1, 0.15) is 12.8 Å². The minimum absolute atomic E-state index is 0.116. The Morgan fingerprint density at radius 2 is 2.00 bits per heavy atom. The Morgan fingerprint density at radius 3 is 2.69 bits per heavy atom. The summed E-state index contributed by atoms with van der Waals surface area (Å²) in [5, 5.41) is 9.82. The highest BCUT2D eigenvalue weighted by molar-refractivity contribution is 4.91. The molecular formula is C11H19NO4. The zero-order valence-corrected chi connectivity index (χ0v) is 9.43. The summed E-state index contributed by atoms with van der Waals surface area (Å²) >= 11 is 0. The van der Waals surface area contributed by atoms with Crippen LogP contribution < -0.4 is 0 Å². The van der Waals surface area contributed by atoms with Crippen LogP contribution in [0.4, 0.5) is 0 Å². The van der Waals surface area contributed by atoms with Gasteiger partial charge in [0.2, 0.25) is 0 Å². The van der Waals surface area contributed by atoms with Gasteiger partial charge in [0, 0.05) is 6.42 Å². The smallest absolute Gasteiger partial charge is 0.181 e. The Kier molecular flexibility index (Phi) is 2.89. The van der Waals surface area contributed by atoms with Crippen molar-refractivity contribution in [1.29, 1.82) is 0 Å². The van der Waals surface area contributed by atoms with Crippen molar-refractivity contribution in [3.63, 3.8) is 0 Å². The number of aliphatic hydroxyl groups is 1. The van der Waals surface area contributed by atoms with E-state index in [9.17, 15) is 5.11 Å². The Balaban J connectivity index is 1.67. The van der Waals surface area contributed by atoms with Crippen molar-refractivity contribution in [3.05, 3.63) is 0 Å². The second kappa shape index (κ2) is 4.23. The lowest BCUT2D eigenvalue weighted by atomic mass is 10.0. The molecular weight excluding hydrogens is 210 g/mol. The van der Waals surface area contributed by atoms with Crippen molar-refractivity contribution in [1.82, 2.24) is 4.90 Å². The molecule has 0 radical (unpaired) electrons. The average molecular weight is 229 g/mol. The summed E-state index contributed by atoms with van der Waals surface area (Å²) in [6.07, 6.45) is 1.66.